The molecule has 3 rings (SSSR count). The number of fused-ring (bicyclic) bond motifs is 1. The van der Waals surface area contributed by atoms with E-state index in [-0.39, 0.29) is 11.2 Å². The summed E-state index contributed by atoms with van der Waals surface area (Å²) in [6.45, 7) is 0. The number of para-hydroxylation sites is 2. The second-order valence-corrected chi connectivity index (χ2v) is 4.96. The molecule has 0 amide bonds. The lowest BCUT2D eigenvalue weighted by atomic mass is 10.1. The monoisotopic (exact) mass is 316 g/mol. The zero-order valence-electron chi connectivity index (χ0n) is 9.76. The van der Waals surface area contributed by atoms with Crippen molar-refractivity contribution in [1.29, 1.82) is 0 Å². The Morgan fingerprint density at radius 3 is 2.63 bits per heavy atom. The minimum Gasteiger partial charge on any atom is -0.507 e. The van der Waals surface area contributed by atoms with Gasteiger partial charge in [-0.2, -0.15) is 0 Å². The van der Waals surface area contributed by atoms with Gasteiger partial charge in [-0.25, -0.2) is 0 Å². The molecule has 19 heavy (non-hydrogen) atoms. The van der Waals surface area contributed by atoms with Crippen molar-refractivity contribution < 1.29 is 9.52 Å². The Hall–Kier alpha value is -2.07. The van der Waals surface area contributed by atoms with Gasteiger partial charge in [0.05, 0.1) is 15.4 Å². The first-order chi connectivity index (χ1) is 9.16. The quantitative estimate of drug-likeness (QED) is 0.740. The first-order valence-corrected chi connectivity index (χ1v) is 6.47. The van der Waals surface area contributed by atoms with Crippen LogP contribution >= 0.6 is 15.9 Å². The summed E-state index contributed by atoms with van der Waals surface area (Å²) in [6, 6.07) is 13.4. The van der Waals surface area contributed by atoms with E-state index in [0.29, 0.717) is 26.8 Å². The second kappa shape index (κ2) is 4.55. The predicted molar refractivity (Wildman–Crippen MR) is 77.3 cm³/mol. The molecule has 0 saturated carbocycles. The summed E-state index contributed by atoms with van der Waals surface area (Å²) in [5.41, 5.74) is 0.839. The molecule has 0 saturated heterocycles. The van der Waals surface area contributed by atoms with Gasteiger partial charge in [0.2, 0.25) is 0 Å². The molecule has 1 heterocycles. The Kier molecular flexibility index (Phi) is 2.87. The number of phenols is 1. The Morgan fingerprint density at radius 1 is 1.05 bits per heavy atom. The van der Waals surface area contributed by atoms with E-state index in [0.717, 1.165) is 0 Å². The second-order valence-electron chi connectivity index (χ2n) is 4.11. The molecular formula is C15H9BrO3. The third kappa shape index (κ3) is 2.04. The van der Waals surface area contributed by atoms with Crippen LogP contribution in [0.1, 0.15) is 0 Å². The molecule has 0 aliphatic heterocycles. The van der Waals surface area contributed by atoms with E-state index in [1.54, 1.807) is 42.5 Å². The fraction of sp³-hybridized carbons (Fsp3) is 0. The maximum atomic E-state index is 12.1. The summed E-state index contributed by atoms with van der Waals surface area (Å²) in [4.78, 5) is 12.1. The van der Waals surface area contributed by atoms with Crippen LogP contribution in [0.15, 0.2) is 62.2 Å². The van der Waals surface area contributed by atoms with Gasteiger partial charge in [-0.05, 0) is 40.2 Å². The van der Waals surface area contributed by atoms with Crippen LogP contribution in [0, 0.1) is 0 Å². The molecule has 4 heteroatoms. The van der Waals surface area contributed by atoms with Gasteiger partial charge in [0.1, 0.15) is 11.5 Å². The highest BCUT2D eigenvalue weighted by molar-refractivity contribution is 9.10. The van der Waals surface area contributed by atoms with Gasteiger partial charge < -0.3 is 9.52 Å². The van der Waals surface area contributed by atoms with Crippen LogP contribution in [0.2, 0.25) is 0 Å². The first kappa shape index (κ1) is 12.0. The molecule has 0 radical (unpaired) electrons. The molecule has 0 bridgehead atoms. The largest absolute Gasteiger partial charge is 0.507 e. The Labute approximate surface area is 117 Å². The average molecular weight is 317 g/mol. The number of phenolic OH excluding ortho intramolecular Hbond substituents is 1. The molecule has 0 aliphatic carbocycles. The van der Waals surface area contributed by atoms with Crippen LogP contribution in [-0.4, -0.2) is 5.11 Å². The summed E-state index contributed by atoms with van der Waals surface area (Å²) in [6.07, 6.45) is 0. The first-order valence-electron chi connectivity index (χ1n) is 5.67. The molecule has 1 aromatic heterocycles. The van der Waals surface area contributed by atoms with E-state index in [1.807, 2.05) is 0 Å². The van der Waals surface area contributed by atoms with Crippen molar-refractivity contribution >= 4 is 26.9 Å². The molecule has 1 N–H and O–H groups in total. The van der Waals surface area contributed by atoms with Crippen LogP contribution in [-0.2, 0) is 0 Å². The van der Waals surface area contributed by atoms with E-state index in [1.165, 1.54) is 6.07 Å². The van der Waals surface area contributed by atoms with Crippen molar-refractivity contribution in [3.8, 4) is 17.1 Å². The van der Waals surface area contributed by atoms with Crippen LogP contribution in [0.4, 0.5) is 0 Å². The number of benzene rings is 2. The Balaban J connectivity index is 2.36. The standard InChI is InChI=1S/C15H9BrO3/c16-11-6-3-5-10-13(18)8-14(19-15(10)11)9-4-1-2-7-12(9)17/h1-8,17H. The highest BCUT2D eigenvalue weighted by atomic mass is 79.9. The minimum atomic E-state index is -0.138. The summed E-state index contributed by atoms with van der Waals surface area (Å²) < 4.78 is 6.44. The SMILES string of the molecule is O=c1cc(-c2ccccc2O)oc2c(Br)cccc12. The van der Waals surface area contributed by atoms with Crippen molar-refractivity contribution in [2.24, 2.45) is 0 Å². The van der Waals surface area contributed by atoms with E-state index >= 15 is 0 Å². The molecule has 0 aliphatic rings. The molecular weight excluding hydrogens is 308 g/mol. The fourth-order valence-corrected chi connectivity index (χ4v) is 2.40. The highest BCUT2D eigenvalue weighted by Crippen LogP contribution is 2.31. The molecule has 3 nitrogen and oxygen atoms in total. The van der Waals surface area contributed by atoms with Crippen molar-refractivity contribution in [3.05, 3.63) is 63.2 Å². The van der Waals surface area contributed by atoms with Crippen LogP contribution < -0.4 is 5.43 Å². The van der Waals surface area contributed by atoms with Crippen LogP contribution in [0.5, 0.6) is 5.75 Å². The number of hydrogen-bond acceptors (Lipinski definition) is 3. The third-order valence-electron chi connectivity index (χ3n) is 2.88. The van der Waals surface area contributed by atoms with E-state index in [2.05, 4.69) is 15.9 Å². The van der Waals surface area contributed by atoms with Crippen molar-refractivity contribution in [2.75, 3.05) is 0 Å². The molecule has 2 aromatic carbocycles. The smallest absolute Gasteiger partial charge is 0.193 e. The summed E-state index contributed by atoms with van der Waals surface area (Å²) >= 11 is 3.36. The molecule has 3 aromatic rings. The predicted octanol–water partition coefficient (Wildman–Crippen LogP) is 3.93. The molecule has 94 valence electrons. The van der Waals surface area contributed by atoms with Gasteiger partial charge in [-0.1, -0.05) is 18.2 Å². The Bertz CT molecular complexity index is 821. The zero-order chi connectivity index (χ0) is 13.4. The number of rotatable bonds is 1. The number of hydrogen-bond donors (Lipinski definition) is 1. The van der Waals surface area contributed by atoms with Crippen LogP contribution in [0.3, 0.4) is 0 Å². The molecule has 0 spiro atoms. The summed E-state index contributed by atoms with van der Waals surface area (Å²) in [5.74, 6) is 0.430. The minimum absolute atomic E-state index is 0.0806. The zero-order valence-corrected chi connectivity index (χ0v) is 11.3. The topological polar surface area (TPSA) is 50.4 Å². The van der Waals surface area contributed by atoms with Gasteiger partial charge in [-0.15, -0.1) is 0 Å². The lowest BCUT2D eigenvalue weighted by Crippen LogP contribution is -2.00. The maximum absolute atomic E-state index is 12.1. The number of halogens is 1. The third-order valence-corrected chi connectivity index (χ3v) is 3.50. The lowest BCUT2D eigenvalue weighted by Gasteiger charge is -2.05. The van der Waals surface area contributed by atoms with Gasteiger partial charge in [0.25, 0.3) is 0 Å². The average Bonchev–Trinajstić information content (AvgIpc) is 2.40. The van der Waals surface area contributed by atoms with E-state index < -0.39 is 0 Å². The molecule has 0 unspecified atom stereocenters. The van der Waals surface area contributed by atoms with Crippen molar-refractivity contribution in [3.63, 3.8) is 0 Å². The van der Waals surface area contributed by atoms with Gasteiger partial charge in [0, 0.05) is 6.07 Å². The number of aromatic hydroxyl groups is 1. The highest BCUT2D eigenvalue weighted by Gasteiger charge is 2.11. The normalized spacial score (nSPS) is 10.8. The maximum Gasteiger partial charge on any atom is 0.193 e. The van der Waals surface area contributed by atoms with Gasteiger partial charge in [-0.3, -0.25) is 4.79 Å². The fourth-order valence-electron chi connectivity index (χ4n) is 1.96. The van der Waals surface area contributed by atoms with Gasteiger partial charge in [0.15, 0.2) is 11.0 Å². The van der Waals surface area contributed by atoms with Gasteiger partial charge >= 0.3 is 0 Å². The molecule has 0 atom stereocenters. The van der Waals surface area contributed by atoms with Crippen molar-refractivity contribution in [1.82, 2.24) is 0 Å². The van der Waals surface area contributed by atoms with Crippen molar-refractivity contribution in [2.45, 2.75) is 0 Å². The summed E-state index contributed by atoms with van der Waals surface area (Å²) in [7, 11) is 0. The molecule has 0 fully saturated rings. The lowest BCUT2D eigenvalue weighted by molar-refractivity contribution is 0.474. The van der Waals surface area contributed by atoms with E-state index in [4.69, 9.17) is 4.42 Å². The van der Waals surface area contributed by atoms with Crippen LogP contribution in [0.25, 0.3) is 22.3 Å². The summed E-state index contributed by atoms with van der Waals surface area (Å²) in [5, 5.41) is 10.3. The van der Waals surface area contributed by atoms with E-state index in [9.17, 15) is 9.90 Å². The Morgan fingerprint density at radius 2 is 1.84 bits per heavy atom.